The highest BCUT2D eigenvalue weighted by molar-refractivity contribution is 7.92. The van der Waals surface area contributed by atoms with E-state index in [4.69, 9.17) is 5.73 Å². The molecule has 1 aromatic carbocycles. The van der Waals surface area contributed by atoms with Crippen LogP contribution < -0.4 is 10.5 Å². The van der Waals surface area contributed by atoms with E-state index < -0.39 is 10.0 Å². The molecular weight excluding hydrogens is 274 g/mol. The normalized spacial score (nSPS) is 11.3. The lowest BCUT2D eigenvalue weighted by molar-refractivity contribution is 0.600. The van der Waals surface area contributed by atoms with Crippen molar-refractivity contribution in [2.45, 2.75) is 25.3 Å². The Balaban J connectivity index is 2.41. The molecule has 106 valence electrons. The third-order valence-electron chi connectivity index (χ3n) is 2.95. The predicted octanol–water partition coefficient (Wildman–Crippen LogP) is 1.96. The Morgan fingerprint density at radius 3 is 2.50 bits per heavy atom. The predicted molar refractivity (Wildman–Crippen MR) is 78.9 cm³/mol. The van der Waals surface area contributed by atoms with Crippen LogP contribution in [-0.4, -0.2) is 13.4 Å². The Hall–Kier alpha value is -1.92. The van der Waals surface area contributed by atoms with E-state index in [1.807, 2.05) is 6.92 Å². The molecule has 0 radical (unpaired) electrons. The topological polar surface area (TPSA) is 85.1 Å². The molecule has 0 atom stereocenters. The van der Waals surface area contributed by atoms with Crippen LogP contribution in [0.25, 0.3) is 0 Å². The van der Waals surface area contributed by atoms with Gasteiger partial charge in [0, 0.05) is 12.2 Å². The number of hydrogen-bond donors (Lipinski definition) is 2. The Kier molecular flexibility index (Phi) is 4.06. The van der Waals surface area contributed by atoms with Gasteiger partial charge in [0.15, 0.2) is 0 Å². The molecule has 1 aromatic heterocycles. The molecule has 20 heavy (non-hydrogen) atoms. The molecule has 6 heteroatoms. The van der Waals surface area contributed by atoms with Crippen LogP contribution in [0, 0.1) is 13.8 Å². The maximum atomic E-state index is 12.4. The van der Waals surface area contributed by atoms with Crippen molar-refractivity contribution in [1.29, 1.82) is 0 Å². The van der Waals surface area contributed by atoms with Gasteiger partial charge in [-0.1, -0.05) is 18.2 Å². The minimum absolute atomic E-state index is 0.169. The molecule has 0 saturated heterocycles. The largest absolute Gasteiger partial charge is 0.326 e. The van der Waals surface area contributed by atoms with Crippen LogP contribution in [0.4, 0.5) is 5.69 Å². The number of pyridine rings is 1. The van der Waals surface area contributed by atoms with Gasteiger partial charge in [-0.05, 0) is 37.6 Å². The van der Waals surface area contributed by atoms with Crippen molar-refractivity contribution >= 4 is 15.7 Å². The SMILES string of the molecule is Cc1ccc(NS(=O)(=O)c2ccccc2CN)c(C)n1. The molecule has 0 unspecified atom stereocenters. The molecule has 0 fully saturated rings. The van der Waals surface area contributed by atoms with Gasteiger partial charge >= 0.3 is 0 Å². The summed E-state index contributed by atoms with van der Waals surface area (Å²) in [6, 6.07) is 10.2. The Morgan fingerprint density at radius 1 is 1.15 bits per heavy atom. The number of nitrogens with two attached hydrogens (primary N) is 1. The van der Waals surface area contributed by atoms with Gasteiger partial charge < -0.3 is 5.73 Å². The highest BCUT2D eigenvalue weighted by atomic mass is 32.2. The van der Waals surface area contributed by atoms with E-state index in [-0.39, 0.29) is 11.4 Å². The van der Waals surface area contributed by atoms with Gasteiger partial charge in [-0.25, -0.2) is 8.42 Å². The van der Waals surface area contributed by atoms with Gasteiger partial charge in [-0.2, -0.15) is 0 Å². The minimum atomic E-state index is -3.66. The fraction of sp³-hybridized carbons (Fsp3) is 0.214. The number of nitrogens with one attached hydrogen (secondary N) is 1. The first-order valence-corrected chi connectivity index (χ1v) is 7.67. The first-order chi connectivity index (χ1) is 9.44. The van der Waals surface area contributed by atoms with Crippen LogP contribution in [0.15, 0.2) is 41.3 Å². The summed E-state index contributed by atoms with van der Waals surface area (Å²) in [7, 11) is -3.66. The van der Waals surface area contributed by atoms with Crippen LogP contribution >= 0.6 is 0 Å². The number of hydrogen-bond acceptors (Lipinski definition) is 4. The van der Waals surface area contributed by atoms with Crippen LogP contribution in [-0.2, 0) is 16.6 Å². The Labute approximate surface area is 118 Å². The summed E-state index contributed by atoms with van der Waals surface area (Å²) in [5, 5.41) is 0. The second-order valence-electron chi connectivity index (χ2n) is 4.50. The molecule has 0 saturated carbocycles. The fourth-order valence-corrected chi connectivity index (χ4v) is 3.30. The van der Waals surface area contributed by atoms with E-state index in [0.29, 0.717) is 16.9 Å². The zero-order valence-corrected chi connectivity index (χ0v) is 12.2. The zero-order valence-electron chi connectivity index (χ0n) is 11.4. The number of benzene rings is 1. The monoisotopic (exact) mass is 291 g/mol. The van der Waals surface area contributed by atoms with E-state index in [9.17, 15) is 8.42 Å². The van der Waals surface area contributed by atoms with Crippen LogP contribution in [0.5, 0.6) is 0 Å². The van der Waals surface area contributed by atoms with E-state index in [1.54, 1.807) is 43.3 Å². The lowest BCUT2D eigenvalue weighted by atomic mass is 10.2. The average Bonchev–Trinajstić information content (AvgIpc) is 2.42. The maximum absolute atomic E-state index is 12.4. The Bertz CT molecular complexity index is 727. The molecule has 2 aromatic rings. The molecular formula is C14H17N3O2S. The molecule has 0 aliphatic heterocycles. The highest BCUT2D eigenvalue weighted by Crippen LogP contribution is 2.21. The number of anilines is 1. The summed E-state index contributed by atoms with van der Waals surface area (Å²) >= 11 is 0. The molecule has 0 aliphatic rings. The summed E-state index contributed by atoms with van der Waals surface area (Å²) in [6.45, 7) is 3.79. The van der Waals surface area contributed by atoms with Crippen molar-refractivity contribution in [3.8, 4) is 0 Å². The third kappa shape index (κ3) is 2.97. The van der Waals surface area contributed by atoms with Crippen molar-refractivity contribution < 1.29 is 8.42 Å². The summed E-state index contributed by atoms with van der Waals surface area (Å²) in [5.41, 5.74) is 8.12. The Morgan fingerprint density at radius 2 is 1.85 bits per heavy atom. The summed E-state index contributed by atoms with van der Waals surface area (Å²) in [4.78, 5) is 4.44. The molecule has 3 N–H and O–H groups in total. The third-order valence-corrected chi connectivity index (χ3v) is 4.42. The van der Waals surface area contributed by atoms with Gasteiger partial charge in [0.2, 0.25) is 0 Å². The van der Waals surface area contributed by atoms with E-state index in [2.05, 4.69) is 9.71 Å². The van der Waals surface area contributed by atoms with Crippen molar-refractivity contribution in [2.24, 2.45) is 5.73 Å². The lowest BCUT2D eigenvalue weighted by Gasteiger charge is -2.12. The zero-order chi connectivity index (χ0) is 14.8. The van der Waals surface area contributed by atoms with Gasteiger partial charge in [0.05, 0.1) is 16.3 Å². The number of rotatable bonds is 4. The second kappa shape index (κ2) is 5.60. The molecule has 0 bridgehead atoms. The smallest absolute Gasteiger partial charge is 0.262 e. The first kappa shape index (κ1) is 14.5. The van der Waals surface area contributed by atoms with Crippen LogP contribution in [0.3, 0.4) is 0 Å². The molecule has 5 nitrogen and oxygen atoms in total. The molecule has 2 rings (SSSR count). The highest BCUT2D eigenvalue weighted by Gasteiger charge is 2.18. The standard InChI is InChI=1S/C14H17N3O2S/c1-10-7-8-13(11(2)16-10)17-20(18,19)14-6-4-3-5-12(14)9-15/h3-8,17H,9,15H2,1-2H3. The van der Waals surface area contributed by atoms with Crippen LogP contribution in [0.1, 0.15) is 17.0 Å². The number of sulfonamides is 1. The molecule has 0 aliphatic carbocycles. The molecule has 0 amide bonds. The minimum Gasteiger partial charge on any atom is -0.326 e. The number of nitrogens with zero attached hydrogens (tertiary/aromatic N) is 1. The van der Waals surface area contributed by atoms with Gasteiger partial charge in [-0.15, -0.1) is 0 Å². The van der Waals surface area contributed by atoms with Gasteiger partial charge in [0.25, 0.3) is 10.0 Å². The second-order valence-corrected chi connectivity index (χ2v) is 6.15. The van der Waals surface area contributed by atoms with Crippen molar-refractivity contribution in [3.05, 3.63) is 53.3 Å². The average molecular weight is 291 g/mol. The van der Waals surface area contributed by atoms with Gasteiger partial charge in [-0.3, -0.25) is 9.71 Å². The van der Waals surface area contributed by atoms with Crippen molar-refractivity contribution in [2.75, 3.05) is 4.72 Å². The fourth-order valence-electron chi connectivity index (χ4n) is 1.93. The quantitative estimate of drug-likeness (QED) is 0.901. The van der Waals surface area contributed by atoms with Crippen molar-refractivity contribution in [3.63, 3.8) is 0 Å². The number of aryl methyl sites for hydroxylation is 2. The van der Waals surface area contributed by atoms with Crippen LogP contribution in [0.2, 0.25) is 0 Å². The molecule has 1 heterocycles. The van der Waals surface area contributed by atoms with E-state index in [0.717, 1.165) is 5.69 Å². The molecule has 0 spiro atoms. The van der Waals surface area contributed by atoms with Gasteiger partial charge in [0.1, 0.15) is 0 Å². The van der Waals surface area contributed by atoms with Crippen molar-refractivity contribution in [1.82, 2.24) is 4.98 Å². The van der Waals surface area contributed by atoms with E-state index >= 15 is 0 Å². The first-order valence-electron chi connectivity index (χ1n) is 6.19. The summed E-state index contributed by atoms with van der Waals surface area (Å²) in [5.74, 6) is 0. The van der Waals surface area contributed by atoms with E-state index in [1.165, 1.54) is 0 Å². The summed E-state index contributed by atoms with van der Waals surface area (Å²) in [6.07, 6.45) is 0. The summed E-state index contributed by atoms with van der Waals surface area (Å²) < 4.78 is 27.4. The maximum Gasteiger partial charge on any atom is 0.262 e. The lowest BCUT2D eigenvalue weighted by Crippen LogP contribution is -2.17. The number of aromatic nitrogens is 1.